The minimum absolute atomic E-state index is 0.261. The second-order valence-corrected chi connectivity index (χ2v) is 8.87. The van der Waals surface area contributed by atoms with Gasteiger partial charge < -0.3 is 10.5 Å². The Hall–Kier alpha value is -1.78. The molecule has 3 saturated carbocycles. The first kappa shape index (κ1) is 14.6. The Morgan fingerprint density at radius 2 is 2.00 bits per heavy atom. The number of pyridine rings is 1. The smallest absolute Gasteiger partial charge is 0.226 e. The number of fused-ring (bicyclic) bond motifs is 3. The van der Waals surface area contributed by atoms with E-state index >= 15 is 0 Å². The van der Waals surface area contributed by atoms with E-state index < -0.39 is 0 Å². The average Bonchev–Trinajstić information content (AvgIpc) is 3.26. The molecule has 0 unspecified atom stereocenters. The molecule has 3 aliphatic carbocycles. The van der Waals surface area contributed by atoms with Crippen molar-refractivity contribution in [3.05, 3.63) is 17.8 Å². The third kappa shape index (κ3) is 1.76. The van der Waals surface area contributed by atoms with Crippen LogP contribution in [0.25, 0.3) is 5.65 Å². The highest BCUT2D eigenvalue weighted by atomic mass is 16.5. The Balaban J connectivity index is 1.54. The molecular weight excluding hydrogens is 300 g/mol. The van der Waals surface area contributed by atoms with Gasteiger partial charge in [0, 0.05) is 23.2 Å². The van der Waals surface area contributed by atoms with Crippen LogP contribution in [0.5, 0.6) is 5.75 Å². The summed E-state index contributed by atoms with van der Waals surface area (Å²) in [6, 6.07) is 2.04. The fraction of sp³-hybridized carbons (Fsp3) is 0.684. The SMILES string of the molecule is CC1(C)[C@@H]2CC[C@]1(C)[C@H](Oc1cc3nnc(N)n3cc1C1CC1)C2. The number of anilines is 1. The second-order valence-electron chi connectivity index (χ2n) is 8.87. The Labute approximate surface area is 142 Å². The Morgan fingerprint density at radius 1 is 1.21 bits per heavy atom. The van der Waals surface area contributed by atoms with E-state index in [0.717, 1.165) is 17.3 Å². The minimum atomic E-state index is 0.261. The van der Waals surface area contributed by atoms with Crippen LogP contribution in [0.3, 0.4) is 0 Å². The molecular formula is C19H26N4O. The zero-order valence-electron chi connectivity index (χ0n) is 14.7. The van der Waals surface area contributed by atoms with Crippen LogP contribution in [0, 0.1) is 16.7 Å². The van der Waals surface area contributed by atoms with Crippen LogP contribution < -0.4 is 10.5 Å². The summed E-state index contributed by atoms with van der Waals surface area (Å²) in [7, 11) is 0. The highest BCUT2D eigenvalue weighted by Crippen LogP contribution is 2.66. The summed E-state index contributed by atoms with van der Waals surface area (Å²) in [6.45, 7) is 7.28. The average molecular weight is 326 g/mol. The van der Waals surface area contributed by atoms with E-state index in [9.17, 15) is 0 Å². The number of nitrogens with zero attached hydrogens (tertiary/aromatic N) is 3. The Kier molecular flexibility index (Phi) is 2.69. The van der Waals surface area contributed by atoms with Gasteiger partial charge in [-0.1, -0.05) is 20.8 Å². The van der Waals surface area contributed by atoms with Gasteiger partial charge in [0.25, 0.3) is 0 Å². The molecule has 2 N–H and O–H groups in total. The zero-order chi connectivity index (χ0) is 16.7. The van der Waals surface area contributed by atoms with E-state index in [4.69, 9.17) is 10.5 Å². The van der Waals surface area contributed by atoms with Crippen molar-refractivity contribution in [2.24, 2.45) is 16.7 Å². The summed E-state index contributed by atoms with van der Waals surface area (Å²) in [5.74, 6) is 2.84. The van der Waals surface area contributed by atoms with E-state index in [0.29, 0.717) is 23.4 Å². The third-order valence-electron chi connectivity index (χ3n) is 7.56. The van der Waals surface area contributed by atoms with E-state index in [1.165, 1.54) is 37.7 Å². The zero-order valence-corrected chi connectivity index (χ0v) is 14.7. The summed E-state index contributed by atoms with van der Waals surface area (Å²) in [4.78, 5) is 0. The van der Waals surface area contributed by atoms with Gasteiger partial charge in [-0.2, -0.15) is 0 Å². The van der Waals surface area contributed by atoms with Gasteiger partial charge in [0.1, 0.15) is 11.9 Å². The number of nitrogen functional groups attached to an aromatic ring is 1. The van der Waals surface area contributed by atoms with Crippen molar-refractivity contribution in [3.8, 4) is 5.75 Å². The van der Waals surface area contributed by atoms with Crippen LogP contribution in [-0.2, 0) is 0 Å². The Bertz CT molecular complexity index is 822. The van der Waals surface area contributed by atoms with Crippen molar-refractivity contribution in [1.29, 1.82) is 0 Å². The van der Waals surface area contributed by atoms with E-state index in [2.05, 4.69) is 37.2 Å². The molecule has 0 aromatic carbocycles. The number of rotatable bonds is 3. The molecule has 0 amide bonds. The molecule has 3 atom stereocenters. The quantitative estimate of drug-likeness (QED) is 0.932. The van der Waals surface area contributed by atoms with Crippen LogP contribution in [-0.4, -0.2) is 20.7 Å². The van der Waals surface area contributed by atoms with Crippen molar-refractivity contribution in [2.45, 2.75) is 64.9 Å². The molecule has 5 heteroatoms. The van der Waals surface area contributed by atoms with Gasteiger partial charge in [-0.3, -0.25) is 4.40 Å². The fourth-order valence-electron chi connectivity index (χ4n) is 5.21. The summed E-state index contributed by atoms with van der Waals surface area (Å²) >= 11 is 0. The van der Waals surface area contributed by atoms with Crippen molar-refractivity contribution in [1.82, 2.24) is 14.6 Å². The third-order valence-corrected chi connectivity index (χ3v) is 7.56. The fourth-order valence-corrected chi connectivity index (χ4v) is 5.21. The molecule has 5 rings (SSSR count). The van der Waals surface area contributed by atoms with E-state index in [-0.39, 0.29) is 5.41 Å². The van der Waals surface area contributed by atoms with Crippen LogP contribution in [0.4, 0.5) is 5.95 Å². The van der Waals surface area contributed by atoms with Crippen molar-refractivity contribution in [2.75, 3.05) is 5.73 Å². The van der Waals surface area contributed by atoms with E-state index in [1.807, 2.05) is 10.5 Å². The first-order valence-electron chi connectivity index (χ1n) is 9.21. The molecule has 0 spiro atoms. The van der Waals surface area contributed by atoms with Crippen molar-refractivity contribution in [3.63, 3.8) is 0 Å². The number of nitrogens with two attached hydrogens (primary N) is 1. The van der Waals surface area contributed by atoms with Gasteiger partial charge in [0.2, 0.25) is 5.95 Å². The monoisotopic (exact) mass is 326 g/mol. The number of aromatic nitrogens is 3. The topological polar surface area (TPSA) is 65.4 Å². The largest absolute Gasteiger partial charge is 0.489 e. The van der Waals surface area contributed by atoms with E-state index in [1.54, 1.807) is 0 Å². The summed E-state index contributed by atoms with van der Waals surface area (Å²) in [5, 5.41) is 8.18. The first-order valence-corrected chi connectivity index (χ1v) is 9.21. The maximum absolute atomic E-state index is 6.68. The number of hydrogen-bond acceptors (Lipinski definition) is 4. The lowest BCUT2D eigenvalue weighted by Gasteiger charge is -2.39. The minimum Gasteiger partial charge on any atom is -0.489 e. The van der Waals surface area contributed by atoms with Crippen LogP contribution >= 0.6 is 0 Å². The van der Waals surface area contributed by atoms with Crippen LogP contribution in [0.15, 0.2) is 12.3 Å². The lowest BCUT2D eigenvalue weighted by atomic mass is 9.70. The van der Waals surface area contributed by atoms with Crippen molar-refractivity contribution < 1.29 is 4.74 Å². The maximum atomic E-state index is 6.68. The number of ether oxygens (including phenoxy) is 1. The van der Waals surface area contributed by atoms with Gasteiger partial charge in [-0.05, 0) is 49.4 Å². The molecule has 0 aliphatic heterocycles. The lowest BCUT2D eigenvalue weighted by Crippen LogP contribution is -2.39. The molecule has 0 saturated heterocycles. The standard InChI is InChI=1S/C19H26N4O/c1-18(2)12-6-7-19(18,3)15(8-12)24-14-9-16-21-22-17(20)23(16)10-13(14)11-4-5-11/h9-12,15H,4-8H2,1-3H3,(H2,20,22)/t12-,15-,19-/m1/s1. The number of hydrogen-bond donors (Lipinski definition) is 1. The molecule has 24 heavy (non-hydrogen) atoms. The lowest BCUT2D eigenvalue weighted by molar-refractivity contribution is 0.0296. The molecule has 2 aromatic heterocycles. The molecule has 2 aromatic rings. The molecule has 128 valence electrons. The van der Waals surface area contributed by atoms with Gasteiger partial charge in [-0.15, -0.1) is 10.2 Å². The van der Waals surface area contributed by atoms with Gasteiger partial charge in [-0.25, -0.2) is 0 Å². The van der Waals surface area contributed by atoms with Gasteiger partial charge in [0.15, 0.2) is 5.65 Å². The molecule has 3 aliphatic rings. The van der Waals surface area contributed by atoms with Gasteiger partial charge in [0.05, 0.1) is 0 Å². The van der Waals surface area contributed by atoms with Crippen LogP contribution in [0.2, 0.25) is 0 Å². The highest BCUT2D eigenvalue weighted by Gasteiger charge is 2.62. The predicted octanol–water partition coefficient (Wildman–Crippen LogP) is 3.78. The summed E-state index contributed by atoms with van der Waals surface area (Å²) in [5.41, 5.74) is 8.61. The summed E-state index contributed by atoms with van der Waals surface area (Å²) in [6.07, 6.45) is 8.66. The maximum Gasteiger partial charge on any atom is 0.226 e. The van der Waals surface area contributed by atoms with Gasteiger partial charge >= 0.3 is 0 Å². The van der Waals surface area contributed by atoms with Crippen LogP contribution in [0.1, 0.15) is 64.4 Å². The molecule has 2 heterocycles. The summed E-state index contributed by atoms with van der Waals surface area (Å²) < 4.78 is 8.56. The van der Waals surface area contributed by atoms with Crippen molar-refractivity contribution >= 4 is 11.6 Å². The molecule has 0 radical (unpaired) electrons. The molecule has 5 nitrogen and oxygen atoms in total. The molecule has 2 bridgehead atoms. The second kappa shape index (κ2) is 4.44. The normalized spacial score (nSPS) is 34.1. The highest BCUT2D eigenvalue weighted by molar-refractivity contribution is 5.53. The molecule has 3 fully saturated rings. The Morgan fingerprint density at radius 3 is 2.62 bits per heavy atom. The predicted molar refractivity (Wildman–Crippen MR) is 93.0 cm³/mol. The first-order chi connectivity index (χ1) is 11.4.